The van der Waals surface area contributed by atoms with Gasteiger partial charge in [0.05, 0.1) is 31.8 Å². The Morgan fingerprint density at radius 2 is 1.00 bits per heavy atom. The maximum absolute atomic E-state index is 10.3. The van der Waals surface area contributed by atoms with Crippen molar-refractivity contribution in [3.8, 4) is 11.5 Å². The van der Waals surface area contributed by atoms with Gasteiger partial charge < -0.3 is 29.2 Å². The van der Waals surface area contributed by atoms with Crippen LogP contribution in [0.25, 0.3) is 0 Å². The molecule has 39 heavy (non-hydrogen) atoms. The van der Waals surface area contributed by atoms with Gasteiger partial charge in [0, 0.05) is 12.8 Å². The Labute approximate surface area is 234 Å². The van der Waals surface area contributed by atoms with Crippen LogP contribution in [0.5, 0.6) is 11.5 Å². The quantitative estimate of drug-likeness (QED) is 0.407. The summed E-state index contributed by atoms with van der Waals surface area (Å²) < 4.78 is 24.7. The van der Waals surface area contributed by atoms with Gasteiger partial charge in [-0.25, -0.2) is 0 Å². The Bertz CT molecular complexity index is 1020. The van der Waals surface area contributed by atoms with Gasteiger partial charge in [-0.1, -0.05) is 79.7 Å². The number of phenolic OH excluding ortho intramolecular Hbond substituents is 2. The van der Waals surface area contributed by atoms with Gasteiger partial charge >= 0.3 is 0 Å². The zero-order chi connectivity index (χ0) is 28.6. The molecule has 2 saturated heterocycles. The third-order valence-electron chi connectivity index (χ3n) is 8.19. The summed E-state index contributed by atoms with van der Waals surface area (Å²) in [4.78, 5) is 0. The first-order valence-corrected chi connectivity index (χ1v) is 14.3. The SMILES string of the molecule is CC(CC1OCC2(CO1)COC(CC(C)c1ccc(O)c(C(C)(C)C)c1)OC2)c1ccc(O)c(C(C)(C)C)c1. The van der Waals surface area contributed by atoms with E-state index in [0.29, 0.717) is 37.9 Å². The molecule has 6 nitrogen and oxygen atoms in total. The van der Waals surface area contributed by atoms with Crippen LogP contribution in [0.1, 0.15) is 102 Å². The van der Waals surface area contributed by atoms with Gasteiger partial charge in [0.1, 0.15) is 11.5 Å². The summed E-state index contributed by atoms with van der Waals surface area (Å²) >= 11 is 0. The Balaban J connectivity index is 1.27. The van der Waals surface area contributed by atoms with Gasteiger partial charge in [0.25, 0.3) is 0 Å². The molecular weight excluding hydrogens is 492 g/mol. The van der Waals surface area contributed by atoms with Gasteiger partial charge in [-0.2, -0.15) is 0 Å². The van der Waals surface area contributed by atoms with Crippen molar-refractivity contribution in [3.63, 3.8) is 0 Å². The van der Waals surface area contributed by atoms with Crippen molar-refractivity contribution >= 4 is 0 Å². The second kappa shape index (κ2) is 11.4. The highest BCUT2D eigenvalue weighted by atomic mass is 16.7. The molecule has 2 aromatic rings. The average Bonchev–Trinajstić information content (AvgIpc) is 2.86. The summed E-state index contributed by atoms with van der Waals surface area (Å²) in [5.74, 6) is 1.14. The molecule has 1 spiro atoms. The Kier molecular flexibility index (Phi) is 8.73. The Morgan fingerprint density at radius 3 is 1.31 bits per heavy atom. The molecule has 0 bridgehead atoms. The molecule has 2 aliphatic rings. The lowest BCUT2D eigenvalue weighted by Gasteiger charge is -2.44. The van der Waals surface area contributed by atoms with E-state index >= 15 is 0 Å². The smallest absolute Gasteiger partial charge is 0.158 e. The molecule has 2 N–H and O–H groups in total. The number of phenols is 2. The number of benzene rings is 2. The van der Waals surface area contributed by atoms with Crippen molar-refractivity contribution in [2.45, 2.75) is 103 Å². The molecule has 2 unspecified atom stereocenters. The van der Waals surface area contributed by atoms with E-state index in [4.69, 9.17) is 18.9 Å². The van der Waals surface area contributed by atoms with E-state index in [1.54, 1.807) is 12.1 Å². The second-order valence-electron chi connectivity index (χ2n) is 13.9. The van der Waals surface area contributed by atoms with Crippen LogP contribution >= 0.6 is 0 Å². The van der Waals surface area contributed by atoms with Crippen LogP contribution in [0.3, 0.4) is 0 Å². The molecule has 0 aromatic heterocycles. The van der Waals surface area contributed by atoms with Crippen molar-refractivity contribution in [2.24, 2.45) is 5.41 Å². The van der Waals surface area contributed by atoms with Crippen LogP contribution < -0.4 is 0 Å². The van der Waals surface area contributed by atoms with Crippen molar-refractivity contribution in [2.75, 3.05) is 26.4 Å². The molecule has 2 heterocycles. The molecule has 6 heteroatoms. The number of hydrogen-bond donors (Lipinski definition) is 2. The predicted molar refractivity (Wildman–Crippen MR) is 153 cm³/mol. The maximum atomic E-state index is 10.3. The van der Waals surface area contributed by atoms with Crippen LogP contribution in [-0.2, 0) is 29.8 Å². The minimum Gasteiger partial charge on any atom is -0.508 e. The van der Waals surface area contributed by atoms with E-state index in [1.807, 2.05) is 12.1 Å². The van der Waals surface area contributed by atoms with Gasteiger partial charge in [-0.15, -0.1) is 0 Å². The predicted octanol–water partition coefficient (Wildman–Crippen LogP) is 7.11. The highest BCUT2D eigenvalue weighted by molar-refractivity contribution is 5.42. The third kappa shape index (κ3) is 7.15. The summed E-state index contributed by atoms with van der Waals surface area (Å²) in [5.41, 5.74) is 3.73. The van der Waals surface area contributed by atoms with Crippen molar-refractivity contribution in [3.05, 3.63) is 58.7 Å². The molecule has 0 radical (unpaired) electrons. The fourth-order valence-electron chi connectivity index (χ4n) is 5.47. The van der Waals surface area contributed by atoms with Crippen LogP contribution in [0, 0.1) is 5.41 Å². The van der Waals surface area contributed by atoms with Crippen molar-refractivity contribution < 1.29 is 29.2 Å². The van der Waals surface area contributed by atoms with Crippen LogP contribution in [0.4, 0.5) is 0 Å². The lowest BCUT2D eigenvalue weighted by molar-refractivity contribution is -0.304. The zero-order valence-corrected chi connectivity index (χ0v) is 25.0. The van der Waals surface area contributed by atoms with E-state index in [9.17, 15) is 10.2 Å². The summed E-state index contributed by atoms with van der Waals surface area (Å²) in [5, 5.41) is 20.6. The number of hydrogen-bond acceptors (Lipinski definition) is 6. The van der Waals surface area contributed by atoms with E-state index in [0.717, 1.165) is 24.0 Å². The van der Waals surface area contributed by atoms with E-state index < -0.39 is 0 Å². The fourth-order valence-corrected chi connectivity index (χ4v) is 5.47. The van der Waals surface area contributed by atoms with Gasteiger partial charge in [-0.3, -0.25) is 0 Å². The van der Waals surface area contributed by atoms with Crippen LogP contribution in [-0.4, -0.2) is 49.2 Å². The van der Waals surface area contributed by atoms with E-state index in [1.165, 1.54) is 11.1 Å². The maximum Gasteiger partial charge on any atom is 0.158 e. The summed E-state index contributed by atoms with van der Waals surface area (Å²) in [7, 11) is 0. The molecule has 0 saturated carbocycles. The molecule has 4 rings (SSSR count). The molecule has 2 aromatic carbocycles. The number of aromatic hydroxyl groups is 2. The molecule has 216 valence electrons. The monoisotopic (exact) mass is 540 g/mol. The van der Waals surface area contributed by atoms with Gasteiger partial charge in [0.2, 0.25) is 0 Å². The first kappa shape index (κ1) is 29.9. The lowest BCUT2D eigenvalue weighted by atomic mass is 9.83. The highest BCUT2D eigenvalue weighted by Gasteiger charge is 2.42. The zero-order valence-electron chi connectivity index (χ0n) is 25.0. The summed E-state index contributed by atoms with van der Waals surface area (Å²) in [6.45, 7) is 19.2. The minimum atomic E-state index is -0.282. The van der Waals surface area contributed by atoms with Crippen molar-refractivity contribution in [1.82, 2.24) is 0 Å². The fraction of sp³-hybridized carbons (Fsp3) is 0.636. The average molecular weight is 541 g/mol. The molecular formula is C33H48O6. The Morgan fingerprint density at radius 1 is 0.667 bits per heavy atom. The van der Waals surface area contributed by atoms with Crippen LogP contribution in [0.15, 0.2) is 36.4 Å². The topological polar surface area (TPSA) is 77.4 Å². The largest absolute Gasteiger partial charge is 0.508 e. The first-order chi connectivity index (χ1) is 18.2. The summed E-state index contributed by atoms with van der Waals surface area (Å²) in [6.07, 6.45) is 0.939. The van der Waals surface area contributed by atoms with Gasteiger partial charge in [-0.05, 0) is 57.1 Å². The molecule has 2 fully saturated rings. The van der Waals surface area contributed by atoms with Gasteiger partial charge in [0.15, 0.2) is 12.6 Å². The summed E-state index contributed by atoms with van der Waals surface area (Å²) in [6, 6.07) is 11.8. The van der Waals surface area contributed by atoms with E-state index in [-0.39, 0.29) is 40.7 Å². The van der Waals surface area contributed by atoms with Crippen LogP contribution in [0.2, 0.25) is 0 Å². The molecule has 0 amide bonds. The Hall–Kier alpha value is -2.12. The lowest BCUT2D eigenvalue weighted by Crippen LogP contribution is -2.52. The first-order valence-electron chi connectivity index (χ1n) is 14.3. The number of ether oxygens (including phenoxy) is 4. The van der Waals surface area contributed by atoms with E-state index in [2.05, 4.69) is 67.5 Å². The highest BCUT2D eigenvalue weighted by Crippen LogP contribution is 2.38. The third-order valence-corrected chi connectivity index (χ3v) is 8.19. The number of rotatable bonds is 6. The molecule has 2 atom stereocenters. The molecule has 0 aliphatic carbocycles. The standard InChI is InChI=1S/C33H48O6/c1-21(23-9-11-27(34)25(15-23)31(3,4)5)13-29-36-17-33(18-37-29)19-38-30(39-20-33)14-22(2)24-10-12-28(35)26(16-24)32(6,7)8/h9-12,15-16,21-22,29-30,34-35H,13-14,17-20H2,1-8H3. The minimum absolute atomic E-state index is 0.125. The van der Waals surface area contributed by atoms with Crippen molar-refractivity contribution in [1.29, 1.82) is 0 Å². The normalized spacial score (nSPS) is 25.9. The molecule has 2 aliphatic heterocycles. The second-order valence-corrected chi connectivity index (χ2v) is 13.9.